The van der Waals surface area contributed by atoms with Gasteiger partial charge >= 0.3 is 5.97 Å². The molecule has 0 aliphatic carbocycles. The van der Waals surface area contributed by atoms with E-state index in [1.54, 1.807) is 56.4 Å². The van der Waals surface area contributed by atoms with Crippen molar-refractivity contribution in [2.45, 2.75) is 19.4 Å². The highest BCUT2D eigenvalue weighted by molar-refractivity contribution is 5.94. The molecule has 1 atom stereocenters. The highest BCUT2D eigenvalue weighted by atomic mass is 19.1. The summed E-state index contributed by atoms with van der Waals surface area (Å²) < 4.78 is 35.9. The average Bonchev–Trinajstić information content (AvgIpc) is 2.90. The number of amides is 1. The van der Waals surface area contributed by atoms with E-state index in [-0.39, 0.29) is 18.1 Å². The lowest BCUT2D eigenvalue weighted by Crippen LogP contribution is -2.42. The molecule has 4 rings (SSSR count). The monoisotopic (exact) mass is 493 g/mol. The summed E-state index contributed by atoms with van der Waals surface area (Å²) >= 11 is 0. The van der Waals surface area contributed by atoms with Gasteiger partial charge in [0.1, 0.15) is 18.2 Å². The van der Waals surface area contributed by atoms with Gasteiger partial charge in [0.15, 0.2) is 11.5 Å². The van der Waals surface area contributed by atoms with Crippen molar-refractivity contribution in [3.05, 3.63) is 88.7 Å². The second-order valence-corrected chi connectivity index (χ2v) is 8.24. The Kier molecular flexibility index (Phi) is 7.73. The van der Waals surface area contributed by atoms with Crippen LogP contribution in [0.25, 0.3) is 0 Å². The zero-order chi connectivity index (χ0) is 25.7. The van der Waals surface area contributed by atoms with Crippen LogP contribution in [-0.2, 0) is 11.2 Å². The highest BCUT2D eigenvalue weighted by Gasteiger charge is 2.33. The lowest BCUT2D eigenvalue weighted by atomic mass is 9.91. The van der Waals surface area contributed by atoms with Gasteiger partial charge in [-0.1, -0.05) is 6.07 Å². The Morgan fingerprint density at radius 1 is 0.972 bits per heavy atom. The third-order valence-electron chi connectivity index (χ3n) is 6.11. The number of carbonyl (C=O) groups excluding carboxylic acids is 2. The van der Waals surface area contributed by atoms with Crippen LogP contribution in [0.15, 0.2) is 60.7 Å². The Morgan fingerprint density at radius 2 is 1.69 bits per heavy atom. The molecular weight excluding hydrogens is 465 g/mol. The van der Waals surface area contributed by atoms with Gasteiger partial charge in [0.2, 0.25) is 0 Å². The minimum atomic E-state index is -0.473. The van der Waals surface area contributed by atoms with E-state index in [4.69, 9.17) is 18.9 Å². The van der Waals surface area contributed by atoms with Gasteiger partial charge in [-0.2, -0.15) is 0 Å². The molecule has 1 amide bonds. The maximum atomic E-state index is 13.9. The number of hydrogen-bond acceptors (Lipinski definition) is 6. The Balaban J connectivity index is 1.64. The molecule has 0 bridgehead atoms. The summed E-state index contributed by atoms with van der Waals surface area (Å²) in [7, 11) is 3.13. The molecule has 0 radical (unpaired) electrons. The zero-order valence-electron chi connectivity index (χ0n) is 20.5. The van der Waals surface area contributed by atoms with Crippen molar-refractivity contribution >= 4 is 11.9 Å². The number of nitrogens with zero attached hydrogens (tertiary/aromatic N) is 1. The van der Waals surface area contributed by atoms with Gasteiger partial charge in [0, 0.05) is 12.1 Å². The van der Waals surface area contributed by atoms with E-state index in [0.717, 1.165) is 11.1 Å². The van der Waals surface area contributed by atoms with E-state index in [2.05, 4.69) is 0 Å². The molecule has 188 valence electrons. The average molecular weight is 494 g/mol. The van der Waals surface area contributed by atoms with E-state index < -0.39 is 17.8 Å². The normalized spacial score (nSPS) is 14.6. The molecule has 8 heteroatoms. The molecule has 0 fully saturated rings. The van der Waals surface area contributed by atoms with E-state index in [1.165, 1.54) is 18.2 Å². The number of rotatable bonds is 8. The summed E-state index contributed by atoms with van der Waals surface area (Å²) in [5.41, 5.74) is 2.57. The Hall–Kier alpha value is -4.07. The molecule has 1 aliphatic rings. The molecule has 0 saturated carbocycles. The topological polar surface area (TPSA) is 74.3 Å². The molecule has 3 aromatic carbocycles. The van der Waals surface area contributed by atoms with Crippen LogP contribution in [0.5, 0.6) is 17.2 Å². The number of carbonyl (C=O) groups is 2. The first-order valence-electron chi connectivity index (χ1n) is 11.7. The lowest BCUT2D eigenvalue weighted by Gasteiger charge is -2.37. The van der Waals surface area contributed by atoms with Crippen molar-refractivity contribution < 1.29 is 32.9 Å². The Bertz CT molecular complexity index is 1240. The third kappa shape index (κ3) is 5.27. The molecule has 0 N–H and O–H groups in total. The maximum Gasteiger partial charge on any atom is 0.338 e. The smallest absolute Gasteiger partial charge is 0.338 e. The molecule has 0 aromatic heterocycles. The third-order valence-corrected chi connectivity index (χ3v) is 6.11. The van der Waals surface area contributed by atoms with Crippen LogP contribution < -0.4 is 14.2 Å². The Labute approximate surface area is 209 Å². The minimum Gasteiger partial charge on any atom is -0.493 e. The summed E-state index contributed by atoms with van der Waals surface area (Å²) in [6.45, 7) is 2.61. The van der Waals surface area contributed by atoms with E-state index in [1.807, 2.05) is 12.1 Å². The number of esters is 1. The number of ether oxygens (including phenoxy) is 4. The minimum absolute atomic E-state index is 0.141. The van der Waals surface area contributed by atoms with Crippen LogP contribution in [-0.4, -0.2) is 50.8 Å². The van der Waals surface area contributed by atoms with Crippen molar-refractivity contribution in [2.75, 3.05) is 34.0 Å². The number of fused-ring (bicyclic) bond motifs is 1. The van der Waals surface area contributed by atoms with Crippen LogP contribution >= 0.6 is 0 Å². The summed E-state index contributed by atoms with van der Waals surface area (Å²) in [4.78, 5) is 27.1. The number of halogens is 1. The van der Waals surface area contributed by atoms with Gasteiger partial charge in [0.05, 0.1) is 32.4 Å². The zero-order valence-corrected chi connectivity index (χ0v) is 20.5. The second kappa shape index (κ2) is 11.1. The molecule has 36 heavy (non-hydrogen) atoms. The van der Waals surface area contributed by atoms with Gasteiger partial charge < -0.3 is 23.8 Å². The lowest BCUT2D eigenvalue weighted by molar-refractivity contribution is 0.0524. The quantitative estimate of drug-likeness (QED) is 0.418. The fourth-order valence-electron chi connectivity index (χ4n) is 4.32. The van der Waals surface area contributed by atoms with Gasteiger partial charge in [-0.05, 0) is 79.1 Å². The van der Waals surface area contributed by atoms with Crippen molar-refractivity contribution in [3.63, 3.8) is 0 Å². The first-order chi connectivity index (χ1) is 17.4. The molecule has 0 saturated heterocycles. The summed E-state index contributed by atoms with van der Waals surface area (Å²) in [5, 5.41) is 0. The molecule has 3 aromatic rings. The van der Waals surface area contributed by atoms with Crippen LogP contribution in [0.2, 0.25) is 0 Å². The van der Waals surface area contributed by atoms with E-state index in [9.17, 15) is 14.0 Å². The Morgan fingerprint density at radius 3 is 2.36 bits per heavy atom. The molecule has 1 aliphatic heterocycles. The van der Waals surface area contributed by atoms with Gasteiger partial charge in [0.25, 0.3) is 5.91 Å². The fraction of sp³-hybridized carbons (Fsp3) is 0.286. The standard InChI is InChI=1S/C28H28FNO6/c1-4-35-28(32)18-8-10-22(11-9-18)36-17-24-23-16-26(34-3)25(33-2)15-19(23)12-13-30(24)27(31)20-6-5-7-21(29)14-20/h5-11,14-16,24H,4,12-13,17H2,1-3H3/t24-/m0/s1. The number of benzene rings is 3. The van der Waals surface area contributed by atoms with Gasteiger partial charge in [-0.25, -0.2) is 9.18 Å². The largest absolute Gasteiger partial charge is 0.493 e. The number of hydrogen-bond donors (Lipinski definition) is 0. The van der Waals surface area contributed by atoms with Crippen molar-refractivity contribution in [3.8, 4) is 17.2 Å². The van der Waals surface area contributed by atoms with Gasteiger partial charge in [-0.3, -0.25) is 4.79 Å². The summed E-state index contributed by atoms with van der Waals surface area (Å²) in [5.74, 6) is 0.516. The van der Waals surface area contributed by atoms with Crippen LogP contribution in [0.3, 0.4) is 0 Å². The summed E-state index contributed by atoms with van der Waals surface area (Å²) in [6, 6.07) is 15.6. The highest BCUT2D eigenvalue weighted by Crippen LogP contribution is 2.39. The summed E-state index contributed by atoms with van der Waals surface area (Å²) in [6.07, 6.45) is 0.599. The van der Waals surface area contributed by atoms with Crippen molar-refractivity contribution in [1.29, 1.82) is 0 Å². The first-order valence-corrected chi connectivity index (χ1v) is 11.7. The van der Waals surface area contributed by atoms with E-state index >= 15 is 0 Å². The van der Waals surface area contributed by atoms with Gasteiger partial charge in [-0.15, -0.1) is 0 Å². The number of methoxy groups -OCH3 is 2. The first kappa shape index (κ1) is 25.0. The molecule has 7 nitrogen and oxygen atoms in total. The van der Waals surface area contributed by atoms with Crippen LogP contribution in [0.4, 0.5) is 4.39 Å². The second-order valence-electron chi connectivity index (χ2n) is 8.24. The van der Waals surface area contributed by atoms with Crippen molar-refractivity contribution in [2.24, 2.45) is 0 Å². The molecule has 0 spiro atoms. The SMILES string of the molecule is CCOC(=O)c1ccc(OC[C@H]2c3cc(OC)c(OC)cc3CCN2C(=O)c2cccc(F)c2)cc1. The van der Waals surface area contributed by atoms with Crippen molar-refractivity contribution in [1.82, 2.24) is 4.90 Å². The maximum absolute atomic E-state index is 13.9. The predicted octanol–water partition coefficient (Wildman–Crippen LogP) is 4.84. The van der Waals surface area contributed by atoms with Crippen LogP contribution in [0.1, 0.15) is 44.8 Å². The molecule has 0 unspecified atom stereocenters. The molecule has 1 heterocycles. The van der Waals surface area contributed by atoms with E-state index in [0.29, 0.717) is 42.4 Å². The predicted molar refractivity (Wildman–Crippen MR) is 131 cm³/mol. The van der Waals surface area contributed by atoms with Crippen LogP contribution in [0, 0.1) is 5.82 Å². The molecular formula is C28H28FNO6. The fourth-order valence-corrected chi connectivity index (χ4v) is 4.32.